The second kappa shape index (κ2) is 9.83. The molecule has 1 aromatic carbocycles. The summed E-state index contributed by atoms with van der Waals surface area (Å²) in [5, 5.41) is 11.1. The van der Waals surface area contributed by atoms with E-state index in [4.69, 9.17) is 0 Å². The lowest BCUT2D eigenvalue weighted by molar-refractivity contribution is 0.112. The molecule has 3 aromatic rings. The van der Waals surface area contributed by atoms with Crippen molar-refractivity contribution in [3.05, 3.63) is 73.1 Å². The van der Waals surface area contributed by atoms with Gasteiger partial charge in [-0.05, 0) is 48.2 Å². The largest absolute Gasteiger partial charge is 0.336 e. The monoisotopic (exact) mass is 421 g/mol. The Morgan fingerprint density at radius 2 is 2.00 bits per heavy atom. The third-order valence-corrected chi connectivity index (χ3v) is 6.63. The maximum atomic E-state index is 11.6. The molecule has 1 fully saturated rings. The van der Waals surface area contributed by atoms with Crippen LogP contribution < -0.4 is 5.46 Å². The van der Waals surface area contributed by atoms with E-state index < -0.39 is 0 Å². The summed E-state index contributed by atoms with van der Waals surface area (Å²) in [6.07, 6.45) is 14.9. The minimum Gasteiger partial charge on any atom is -0.336 e. The predicted molar refractivity (Wildman–Crippen MR) is 133 cm³/mol. The van der Waals surface area contributed by atoms with Gasteiger partial charge in [-0.3, -0.25) is 9.78 Å². The van der Waals surface area contributed by atoms with Gasteiger partial charge in [-0.25, -0.2) is 5.26 Å². The summed E-state index contributed by atoms with van der Waals surface area (Å²) in [5.74, 6) is 2.90. The molecule has 2 aromatic heterocycles. The molecule has 0 aliphatic heterocycles. The normalized spacial score (nSPS) is 14.1. The van der Waals surface area contributed by atoms with Crippen molar-refractivity contribution >= 4 is 29.4 Å². The number of fused-ring (bicyclic) bond motifs is 1. The molecule has 2 heterocycles. The van der Waals surface area contributed by atoms with Crippen LogP contribution in [0.25, 0.3) is 22.2 Å². The molecule has 1 saturated carbocycles. The molecular formula is C27H28BN3O. The van der Waals surface area contributed by atoms with E-state index in [-0.39, 0.29) is 6.71 Å². The molecule has 0 radical (unpaired) electrons. The third-order valence-electron chi connectivity index (χ3n) is 6.63. The summed E-state index contributed by atoms with van der Waals surface area (Å²) in [7, 11) is 0. The van der Waals surface area contributed by atoms with E-state index in [2.05, 4.69) is 34.7 Å². The predicted octanol–water partition coefficient (Wildman–Crippen LogP) is 5.70. The van der Waals surface area contributed by atoms with Crippen molar-refractivity contribution in [2.24, 2.45) is 0 Å². The Morgan fingerprint density at radius 1 is 1.19 bits per heavy atom. The molecule has 0 N–H and O–H groups in total. The van der Waals surface area contributed by atoms with Gasteiger partial charge in [-0.1, -0.05) is 43.5 Å². The number of benzene rings is 1. The molecule has 0 saturated heterocycles. The fraction of sp³-hybridized carbons (Fsp3) is 0.296. The Bertz CT molecular complexity index is 1200. The zero-order chi connectivity index (χ0) is 22.5. The number of nitriles is 1. The lowest BCUT2D eigenvalue weighted by Crippen LogP contribution is -2.30. The fourth-order valence-corrected chi connectivity index (χ4v) is 5.20. The van der Waals surface area contributed by atoms with Gasteiger partial charge in [-0.15, -0.1) is 13.2 Å². The van der Waals surface area contributed by atoms with E-state index in [1.807, 2.05) is 30.5 Å². The lowest BCUT2D eigenvalue weighted by atomic mass is 9.43. The third kappa shape index (κ3) is 3.94. The molecule has 1 aliphatic rings. The van der Waals surface area contributed by atoms with Gasteiger partial charge in [0.25, 0.3) is 0 Å². The molecule has 4 rings (SSSR count). The molecule has 0 unspecified atom stereocenters. The van der Waals surface area contributed by atoms with Crippen LogP contribution in [0.3, 0.4) is 0 Å². The molecule has 32 heavy (non-hydrogen) atoms. The van der Waals surface area contributed by atoms with E-state index in [1.165, 1.54) is 30.2 Å². The Morgan fingerprint density at radius 3 is 2.69 bits per heavy atom. The first-order chi connectivity index (χ1) is 15.7. The zero-order valence-corrected chi connectivity index (χ0v) is 18.5. The van der Waals surface area contributed by atoms with E-state index in [9.17, 15) is 10.1 Å². The molecule has 0 bridgehead atoms. The number of carbonyl (C=O) groups excluding carboxylic acids is 1. The SMILES string of the molecule is C=CCB(C#N)c1ccncc1-c1c(C2CCCCC2)c2ccc(C=O)cc2n1CC=C. The van der Waals surface area contributed by atoms with Gasteiger partial charge >= 0.3 is 6.71 Å². The minimum atomic E-state index is -0.287. The van der Waals surface area contributed by atoms with Crippen LogP contribution in [0.5, 0.6) is 0 Å². The molecular weight excluding hydrogens is 393 g/mol. The first kappa shape index (κ1) is 21.8. The van der Waals surface area contributed by atoms with Crippen molar-refractivity contribution in [2.75, 3.05) is 0 Å². The van der Waals surface area contributed by atoms with Gasteiger partial charge in [0, 0.05) is 46.9 Å². The summed E-state index contributed by atoms with van der Waals surface area (Å²) in [6, 6.07) is 7.94. The number of aldehydes is 1. The Hall–Kier alpha value is -3.39. The summed E-state index contributed by atoms with van der Waals surface area (Å²) in [5.41, 5.74) is 6.10. The van der Waals surface area contributed by atoms with Crippen molar-refractivity contribution in [3.8, 4) is 17.2 Å². The zero-order valence-electron chi connectivity index (χ0n) is 18.5. The Labute approximate surface area is 190 Å². The molecule has 0 amide bonds. The average molecular weight is 421 g/mol. The average Bonchev–Trinajstić information content (AvgIpc) is 3.16. The van der Waals surface area contributed by atoms with Crippen molar-refractivity contribution < 1.29 is 4.79 Å². The fourth-order valence-electron chi connectivity index (χ4n) is 5.20. The van der Waals surface area contributed by atoms with Crippen molar-refractivity contribution in [3.63, 3.8) is 0 Å². The number of carbonyl (C=O) groups is 1. The van der Waals surface area contributed by atoms with Crippen molar-refractivity contribution in [1.82, 2.24) is 9.55 Å². The van der Waals surface area contributed by atoms with Gasteiger partial charge < -0.3 is 4.57 Å². The van der Waals surface area contributed by atoms with Crippen LogP contribution in [-0.4, -0.2) is 22.5 Å². The van der Waals surface area contributed by atoms with Crippen LogP contribution in [0.4, 0.5) is 0 Å². The van der Waals surface area contributed by atoms with Gasteiger partial charge in [0.2, 0.25) is 0 Å². The van der Waals surface area contributed by atoms with Crippen molar-refractivity contribution in [2.45, 2.75) is 50.9 Å². The van der Waals surface area contributed by atoms with Crippen LogP contribution in [-0.2, 0) is 6.54 Å². The number of allylic oxidation sites excluding steroid dienone is 2. The van der Waals surface area contributed by atoms with E-state index in [0.717, 1.165) is 41.4 Å². The van der Waals surface area contributed by atoms with E-state index in [1.54, 1.807) is 12.3 Å². The van der Waals surface area contributed by atoms with Crippen molar-refractivity contribution in [1.29, 1.82) is 5.26 Å². The second-order valence-electron chi connectivity index (χ2n) is 8.56. The Balaban J connectivity index is 2.07. The topological polar surface area (TPSA) is 58.7 Å². The number of pyridine rings is 1. The minimum absolute atomic E-state index is 0.287. The molecule has 0 atom stereocenters. The summed E-state index contributed by atoms with van der Waals surface area (Å²) in [4.78, 5) is 16.0. The lowest BCUT2D eigenvalue weighted by Gasteiger charge is -2.24. The highest BCUT2D eigenvalue weighted by Crippen LogP contribution is 2.44. The smallest absolute Gasteiger partial charge is 0.304 e. The van der Waals surface area contributed by atoms with Crippen LogP contribution in [0.15, 0.2) is 62.0 Å². The first-order valence-electron chi connectivity index (χ1n) is 11.4. The standard InChI is InChI=1S/C27H28BN3O/c1-3-13-28(19-29)24-12-14-30-17-23(24)27-26(21-8-6-5-7-9-21)22-11-10-20(18-32)16-25(22)31(27)15-4-2/h3-4,10-12,14,16-18,21H,1-2,5-9,13,15H2. The molecule has 1 aliphatic carbocycles. The number of nitrogens with zero attached hydrogens (tertiary/aromatic N) is 3. The molecule has 4 nitrogen and oxygen atoms in total. The molecule has 160 valence electrons. The number of hydrogen-bond acceptors (Lipinski definition) is 3. The highest BCUT2D eigenvalue weighted by Gasteiger charge is 2.29. The highest BCUT2D eigenvalue weighted by molar-refractivity contribution is 6.81. The highest BCUT2D eigenvalue weighted by atomic mass is 16.1. The summed E-state index contributed by atoms with van der Waals surface area (Å²) in [6.45, 7) is 8.18. The summed E-state index contributed by atoms with van der Waals surface area (Å²) < 4.78 is 2.25. The molecule has 0 spiro atoms. The van der Waals surface area contributed by atoms with Gasteiger partial charge in [-0.2, -0.15) is 0 Å². The van der Waals surface area contributed by atoms with Gasteiger partial charge in [0.15, 0.2) is 0 Å². The van der Waals surface area contributed by atoms with E-state index in [0.29, 0.717) is 24.3 Å². The number of hydrogen-bond donors (Lipinski definition) is 0. The van der Waals surface area contributed by atoms with Crippen LogP contribution in [0, 0.1) is 11.2 Å². The van der Waals surface area contributed by atoms with Crippen LogP contribution in [0.1, 0.15) is 53.9 Å². The quantitative estimate of drug-likeness (QED) is 0.266. The summed E-state index contributed by atoms with van der Waals surface area (Å²) >= 11 is 0. The van der Waals surface area contributed by atoms with Crippen LogP contribution in [0.2, 0.25) is 6.32 Å². The molecule has 5 heteroatoms. The Kier molecular flexibility index (Phi) is 6.70. The number of aromatic nitrogens is 2. The second-order valence-corrected chi connectivity index (χ2v) is 8.56. The maximum Gasteiger partial charge on any atom is 0.304 e. The van der Waals surface area contributed by atoms with Gasteiger partial charge in [0.1, 0.15) is 6.29 Å². The van der Waals surface area contributed by atoms with E-state index >= 15 is 0 Å². The first-order valence-corrected chi connectivity index (χ1v) is 11.4. The maximum absolute atomic E-state index is 11.6. The van der Waals surface area contributed by atoms with Gasteiger partial charge in [0.05, 0.1) is 5.69 Å². The number of rotatable bonds is 8. The van der Waals surface area contributed by atoms with Crippen LogP contribution >= 0.6 is 0 Å².